The van der Waals surface area contributed by atoms with Gasteiger partial charge in [0.2, 0.25) is 0 Å². The molecule has 0 fully saturated rings. The first-order valence-corrected chi connectivity index (χ1v) is 10.1. The minimum Gasteiger partial charge on any atom is -0.493 e. The van der Waals surface area contributed by atoms with Crippen LogP contribution in [0.25, 0.3) is 0 Å². The van der Waals surface area contributed by atoms with Crippen molar-refractivity contribution in [2.45, 2.75) is 4.90 Å². The molecule has 0 unspecified atom stereocenters. The molecule has 30 heavy (non-hydrogen) atoms. The van der Waals surface area contributed by atoms with Crippen molar-refractivity contribution in [1.82, 2.24) is 4.83 Å². The summed E-state index contributed by atoms with van der Waals surface area (Å²) in [6, 6.07) is 17.7. The van der Waals surface area contributed by atoms with Gasteiger partial charge in [0, 0.05) is 0 Å². The molecule has 0 atom stereocenters. The lowest BCUT2D eigenvalue weighted by Crippen LogP contribution is -2.18. The van der Waals surface area contributed by atoms with Crippen LogP contribution in [-0.4, -0.2) is 27.7 Å². The van der Waals surface area contributed by atoms with Crippen LogP contribution in [0.5, 0.6) is 11.5 Å². The maximum atomic E-state index is 13.7. The molecule has 0 bridgehead atoms. The first kappa shape index (κ1) is 21.0. The molecule has 9 heteroatoms. The summed E-state index contributed by atoms with van der Waals surface area (Å²) in [6.45, 7) is 0. The zero-order valence-electron chi connectivity index (χ0n) is 15.8. The van der Waals surface area contributed by atoms with Crippen LogP contribution in [0.4, 0.5) is 4.39 Å². The molecule has 0 aliphatic heterocycles. The van der Waals surface area contributed by atoms with Gasteiger partial charge in [-0.3, -0.25) is 0 Å². The SMILES string of the molecule is COc1cc(/C=N/NS(=O)(=O)c2ccccc2)ccc1OC(=O)c1ccccc1F. The van der Waals surface area contributed by atoms with E-state index in [-0.39, 0.29) is 22.0 Å². The summed E-state index contributed by atoms with van der Waals surface area (Å²) in [7, 11) is -2.42. The van der Waals surface area contributed by atoms with E-state index in [1.165, 1.54) is 61.9 Å². The molecular formula is C21H17FN2O5S. The summed E-state index contributed by atoms with van der Waals surface area (Å²) in [4.78, 5) is 14.4. The molecule has 1 N–H and O–H groups in total. The summed E-state index contributed by atoms with van der Waals surface area (Å²) in [5.41, 5.74) is 0.272. The van der Waals surface area contributed by atoms with Gasteiger partial charge in [0.1, 0.15) is 5.82 Å². The summed E-state index contributed by atoms with van der Waals surface area (Å²) in [6.07, 6.45) is 1.27. The van der Waals surface area contributed by atoms with E-state index in [0.29, 0.717) is 5.56 Å². The predicted molar refractivity (Wildman–Crippen MR) is 109 cm³/mol. The fraction of sp³-hybridized carbons (Fsp3) is 0.0476. The van der Waals surface area contributed by atoms with Crippen LogP contribution >= 0.6 is 0 Å². The van der Waals surface area contributed by atoms with Gasteiger partial charge in [0.25, 0.3) is 10.0 Å². The van der Waals surface area contributed by atoms with Crippen molar-refractivity contribution in [2.24, 2.45) is 5.10 Å². The van der Waals surface area contributed by atoms with Gasteiger partial charge < -0.3 is 9.47 Å². The third kappa shape index (κ3) is 5.00. The van der Waals surface area contributed by atoms with Crippen molar-refractivity contribution in [1.29, 1.82) is 0 Å². The van der Waals surface area contributed by atoms with E-state index in [0.717, 1.165) is 6.07 Å². The Balaban J connectivity index is 1.73. The zero-order valence-corrected chi connectivity index (χ0v) is 16.6. The average molecular weight is 428 g/mol. The number of hydrogen-bond donors (Lipinski definition) is 1. The molecule has 0 amide bonds. The molecule has 0 radical (unpaired) electrons. The van der Waals surface area contributed by atoms with Gasteiger partial charge >= 0.3 is 5.97 Å². The van der Waals surface area contributed by atoms with Crippen LogP contribution < -0.4 is 14.3 Å². The first-order chi connectivity index (χ1) is 14.4. The highest BCUT2D eigenvalue weighted by atomic mass is 32.2. The molecule has 3 aromatic carbocycles. The highest BCUT2D eigenvalue weighted by molar-refractivity contribution is 7.89. The quantitative estimate of drug-likeness (QED) is 0.270. The number of rotatable bonds is 7. The van der Waals surface area contributed by atoms with Crippen LogP contribution in [-0.2, 0) is 10.0 Å². The molecule has 7 nitrogen and oxygen atoms in total. The lowest BCUT2D eigenvalue weighted by molar-refractivity contribution is 0.0725. The van der Waals surface area contributed by atoms with Crippen LogP contribution in [0.15, 0.2) is 82.8 Å². The lowest BCUT2D eigenvalue weighted by atomic mass is 10.2. The van der Waals surface area contributed by atoms with Gasteiger partial charge in [-0.2, -0.15) is 13.5 Å². The number of esters is 1. The number of nitrogens with one attached hydrogen (secondary N) is 1. The van der Waals surface area contributed by atoms with E-state index in [2.05, 4.69) is 9.93 Å². The number of hydrazone groups is 1. The number of halogens is 1. The molecular weight excluding hydrogens is 411 g/mol. The fourth-order valence-corrected chi connectivity index (χ4v) is 3.27. The van der Waals surface area contributed by atoms with Crippen LogP contribution in [0.1, 0.15) is 15.9 Å². The van der Waals surface area contributed by atoms with Crippen LogP contribution in [0, 0.1) is 5.82 Å². The third-order valence-electron chi connectivity index (χ3n) is 3.92. The Bertz CT molecular complexity index is 1180. The van der Waals surface area contributed by atoms with Crippen molar-refractivity contribution >= 4 is 22.2 Å². The molecule has 0 aliphatic carbocycles. The molecule has 3 rings (SSSR count). The number of ether oxygens (including phenoxy) is 2. The third-order valence-corrected chi connectivity index (χ3v) is 5.16. The second-order valence-electron chi connectivity index (χ2n) is 5.95. The molecule has 0 saturated heterocycles. The second kappa shape index (κ2) is 9.19. The molecule has 0 aromatic heterocycles. The smallest absolute Gasteiger partial charge is 0.346 e. The lowest BCUT2D eigenvalue weighted by Gasteiger charge is -2.10. The molecule has 0 saturated carbocycles. The highest BCUT2D eigenvalue weighted by Gasteiger charge is 2.16. The Kier molecular flexibility index (Phi) is 6.43. The van der Waals surface area contributed by atoms with E-state index in [1.807, 2.05) is 0 Å². The number of hydrogen-bond acceptors (Lipinski definition) is 6. The van der Waals surface area contributed by atoms with Crippen LogP contribution in [0.2, 0.25) is 0 Å². The standard InChI is InChI=1S/C21H17FN2O5S/c1-28-20-13-15(14-23-24-30(26,27)16-7-3-2-4-8-16)11-12-19(20)29-21(25)17-9-5-6-10-18(17)22/h2-14,24H,1H3/b23-14+. The van der Waals surface area contributed by atoms with Gasteiger partial charge in [-0.25, -0.2) is 14.0 Å². The van der Waals surface area contributed by atoms with E-state index < -0.39 is 21.8 Å². The maximum Gasteiger partial charge on any atom is 0.346 e. The maximum absolute atomic E-state index is 13.7. The Labute approximate surface area is 172 Å². The van der Waals surface area contributed by atoms with E-state index in [4.69, 9.17) is 9.47 Å². The summed E-state index contributed by atoms with van der Waals surface area (Å²) < 4.78 is 48.4. The first-order valence-electron chi connectivity index (χ1n) is 8.65. The van der Waals surface area contributed by atoms with Gasteiger partial charge in [0.15, 0.2) is 11.5 Å². The Hall–Kier alpha value is -3.72. The van der Waals surface area contributed by atoms with Gasteiger partial charge in [-0.1, -0.05) is 30.3 Å². The number of nitrogens with zero attached hydrogens (tertiary/aromatic N) is 1. The highest BCUT2D eigenvalue weighted by Crippen LogP contribution is 2.28. The largest absolute Gasteiger partial charge is 0.493 e. The van der Waals surface area contributed by atoms with Crippen molar-refractivity contribution in [2.75, 3.05) is 7.11 Å². The number of carbonyl (C=O) groups is 1. The van der Waals surface area contributed by atoms with Crippen LogP contribution in [0.3, 0.4) is 0 Å². The van der Waals surface area contributed by atoms with E-state index in [9.17, 15) is 17.6 Å². The van der Waals surface area contributed by atoms with Gasteiger partial charge in [0.05, 0.1) is 23.8 Å². The fourth-order valence-electron chi connectivity index (χ4n) is 2.45. The molecule has 3 aromatic rings. The monoisotopic (exact) mass is 428 g/mol. The minimum atomic E-state index is -3.79. The number of methoxy groups -OCH3 is 1. The van der Waals surface area contributed by atoms with Crippen molar-refractivity contribution in [3.05, 3.63) is 89.7 Å². The van der Waals surface area contributed by atoms with Crippen molar-refractivity contribution < 1.29 is 27.1 Å². The Morgan fingerprint density at radius 3 is 2.40 bits per heavy atom. The molecule has 0 aliphatic rings. The number of benzene rings is 3. The minimum absolute atomic E-state index is 0.0766. The second-order valence-corrected chi connectivity index (χ2v) is 7.61. The van der Waals surface area contributed by atoms with Crippen molar-refractivity contribution in [3.8, 4) is 11.5 Å². The predicted octanol–water partition coefficient (Wildman–Crippen LogP) is 3.37. The molecule has 0 heterocycles. The van der Waals surface area contributed by atoms with E-state index in [1.54, 1.807) is 18.2 Å². The Morgan fingerprint density at radius 1 is 1.00 bits per heavy atom. The topological polar surface area (TPSA) is 94.1 Å². The molecule has 154 valence electrons. The van der Waals surface area contributed by atoms with Gasteiger partial charge in [-0.15, -0.1) is 0 Å². The normalized spacial score (nSPS) is 11.3. The zero-order chi connectivity index (χ0) is 21.6. The summed E-state index contributed by atoms with van der Waals surface area (Å²) >= 11 is 0. The number of carbonyl (C=O) groups excluding carboxylic acids is 1. The van der Waals surface area contributed by atoms with E-state index >= 15 is 0 Å². The van der Waals surface area contributed by atoms with Crippen molar-refractivity contribution in [3.63, 3.8) is 0 Å². The number of sulfonamides is 1. The average Bonchev–Trinajstić information content (AvgIpc) is 2.75. The van der Waals surface area contributed by atoms with Gasteiger partial charge in [-0.05, 0) is 48.0 Å². The molecule has 0 spiro atoms. The summed E-state index contributed by atoms with van der Waals surface area (Å²) in [5.74, 6) is -1.30. The Morgan fingerprint density at radius 2 is 1.70 bits per heavy atom. The summed E-state index contributed by atoms with van der Waals surface area (Å²) in [5, 5.41) is 3.74.